The molecular weight excluding hydrogens is 408 g/mol. The van der Waals surface area contributed by atoms with E-state index >= 15 is 0 Å². The lowest BCUT2D eigenvalue weighted by molar-refractivity contribution is -0.132. The number of imide groups is 1. The van der Waals surface area contributed by atoms with E-state index in [9.17, 15) is 22.8 Å². The number of piperazine rings is 1. The average molecular weight is 437 g/mol. The third-order valence-electron chi connectivity index (χ3n) is 5.54. The summed E-state index contributed by atoms with van der Waals surface area (Å²) in [6.45, 7) is 5.32. The summed E-state index contributed by atoms with van der Waals surface area (Å²) in [5.74, 6) is -0.169. The van der Waals surface area contributed by atoms with E-state index in [4.69, 9.17) is 0 Å². The number of anilines is 1. The molecule has 1 aromatic rings. The van der Waals surface area contributed by atoms with Gasteiger partial charge in [-0.1, -0.05) is 26.0 Å². The molecule has 1 N–H and O–H groups in total. The normalized spacial score (nSPS) is 20.7. The molecule has 30 heavy (non-hydrogen) atoms. The first-order valence-electron chi connectivity index (χ1n) is 10.0. The van der Waals surface area contributed by atoms with E-state index in [-0.39, 0.29) is 37.7 Å². The van der Waals surface area contributed by atoms with Crippen molar-refractivity contribution in [2.45, 2.75) is 38.6 Å². The van der Waals surface area contributed by atoms with Gasteiger partial charge in [0.05, 0.1) is 11.9 Å². The zero-order valence-corrected chi connectivity index (χ0v) is 18.3. The highest BCUT2D eigenvalue weighted by molar-refractivity contribution is 7.88. The van der Waals surface area contributed by atoms with Crippen molar-refractivity contribution in [1.82, 2.24) is 14.5 Å². The van der Waals surface area contributed by atoms with Crippen LogP contribution in [0.5, 0.6) is 0 Å². The van der Waals surface area contributed by atoms with Crippen molar-refractivity contribution in [2.24, 2.45) is 0 Å². The molecule has 3 rings (SSSR count). The van der Waals surface area contributed by atoms with E-state index in [1.165, 1.54) is 4.31 Å². The maximum absolute atomic E-state index is 12.7. The van der Waals surface area contributed by atoms with Gasteiger partial charge in [0, 0.05) is 32.6 Å². The first kappa shape index (κ1) is 22.2. The van der Waals surface area contributed by atoms with Gasteiger partial charge in [0.1, 0.15) is 6.04 Å². The molecular formula is C20H28N4O5S. The van der Waals surface area contributed by atoms with Gasteiger partial charge in [-0.3, -0.25) is 9.59 Å². The Kier molecular flexibility index (Phi) is 6.47. The van der Waals surface area contributed by atoms with E-state index in [1.807, 2.05) is 12.1 Å². The molecule has 4 amide bonds. The lowest BCUT2D eigenvalue weighted by Crippen LogP contribution is -2.50. The Morgan fingerprint density at radius 3 is 2.23 bits per heavy atom. The molecule has 2 aliphatic rings. The number of nitrogens with one attached hydrogen (secondary N) is 1. The first-order valence-corrected chi connectivity index (χ1v) is 11.9. The molecule has 2 aliphatic heterocycles. The van der Waals surface area contributed by atoms with Gasteiger partial charge in [-0.15, -0.1) is 0 Å². The maximum Gasteiger partial charge on any atom is 0.329 e. The van der Waals surface area contributed by atoms with Crippen LogP contribution in [0.3, 0.4) is 0 Å². The lowest BCUT2D eigenvalue weighted by Gasteiger charge is -2.33. The highest BCUT2D eigenvalue weighted by Crippen LogP contribution is 2.24. The number of amides is 4. The van der Waals surface area contributed by atoms with Crippen LogP contribution < -0.4 is 10.2 Å². The Bertz CT molecular complexity index is 921. The van der Waals surface area contributed by atoms with Gasteiger partial charge in [0.2, 0.25) is 15.9 Å². The predicted octanol–water partition coefficient (Wildman–Crippen LogP) is 1.12. The van der Waals surface area contributed by atoms with Gasteiger partial charge in [0.25, 0.3) is 5.91 Å². The summed E-state index contributed by atoms with van der Waals surface area (Å²) in [5.41, 5.74) is 1.62. The van der Waals surface area contributed by atoms with E-state index in [2.05, 4.69) is 19.2 Å². The average Bonchev–Trinajstić information content (AvgIpc) is 2.99. The first-order chi connectivity index (χ1) is 14.1. The van der Waals surface area contributed by atoms with Crippen molar-refractivity contribution >= 4 is 33.6 Å². The molecule has 1 aromatic carbocycles. The van der Waals surface area contributed by atoms with Crippen molar-refractivity contribution in [3.63, 3.8) is 0 Å². The Hall–Kier alpha value is -2.46. The van der Waals surface area contributed by atoms with Crippen molar-refractivity contribution in [1.29, 1.82) is 0 Å². The van der Waals surface area contributed by atoms with Crippen LogP contribution in [0.4, 0.5) is 10.5 Å². The Morgan fingerprint density at radius 2 is 1.70 bits per heavy atom. The van der Waals surface area contributed by atoms with Crippen LogP contribution in [0.1, 0.15) is 38.2 Å². The van der Waals surface area contributed by atoms with Crippen molar-refractivity contribution in [2.75, 3.05) is 37.3 Å². The molecule has 0 radical (unpaired) electrons. The minimum atomic E-state index is -3.26. The Morgan fingerprint density at radius 1 is 1.10 bits per heavy atom. The van der Waals surface area contributed by atoms with E-state index in [0.717, 1.165) is 16.7 Å². The summed E-state index contributed by atoms with van der Waals surface area (Å²) in [7, 11) is -3.26. The molecule has 0 aromatic heterocycles. The van der Waals surface area contributed by atoms with Gasteiger partial charge >= 0.3 is 6.03 Å². The highest BCUT2D eigenvalue weighted by Gasteiger charge is 2.39. The number of urea groups is 1. The molecule has 1 atom stereocenters. The van der Waals surface area contributed by atoms with Gasteiger partial charge in [-0.2, -0.15) is 4.31 Å². The molecule has 2 heterocycles. The van der Waals surface area contributed by atoms with Gasteiger partial charge in [-0.25, -0.2) is 18.1 Å². The van der Waals surface area contributed by atoms with Crippen LogP contribution in [-0.4, -0.2) is 73.9 Å². The second-order valence-corrected chi connectivity index (χ2v) is 9.99. The molecule has 0 aliphatic carbocycles. The second-order valence-electron chi connectivity index (χ2n) is 8.00. The van der Waals surface area contributed by atoms with Gasteiger partial charge < -0.3 is 10.2 Å². The largest absolute Gasteiger partial charge is 0.340 e. The summed E-state index contributed by atoms with van der Waals surface area (Å²) >= 11 is 0. The fourth-order valence-corrected chi connectivity index (χ4v) is 4.50. The van der Waals surface area contributed by atoms with Crippen molar-refractivity contribution in [3.8, 4) is 0 Å². The Labute approximate surface area is 177 Å². The third-order valence-corrected chi connectivity index (χ3v) is 6.85. The molecule has 9 nitrogen and oxygen atoms in total. The van der Waals surface area contributed by atoms with E-state index in [1.54, 1.807) is 17.0 Å². The summed E-state index contributed by atoms with van der Waals surface area (Å²) in [6, 6.07) is 6.06. The number of rotatable bonds is 6. The summed E-state index contributed by atoms with van der Waals surface area (Å²) < 4.78 is 24.5. The fourth-order valence-electron chi connectivity index (χ4n) is 3.67. The minimum absolute atomic E-state index is 0.107. The smallest absolute Gasteiger partial charge is 0.329 e. The van der Waals surface area contributed by atoms with E-state index in [0.29, 0.717) is 24.7 Å². The molecule has 1 unspecified atom stereocenters. The van der Waals surface area contributed by atoms with Crippen LogP contribution >= 0.6 is 0 Å². The van der Waals surface area contributed by atoms with Crippen molar-refractivity contribution < 1.29 is 22.8 Å². The molecule has 0 spiro atoms. The number of sulfonamides is 1. The lowest BCUT2D eigenvalue weighted by atomic mass is 10.0. The molecule has 164 valence electrons. The number of nitrogens with zero attached hydrogens (tertiary/aromatic N) is 3. The third kappa shape index (κ3) is 4.81. The SMILES string of the molecule is CC(C)c1ccc(N2C(=O)NC(CCC(=O)N3CCN(S(C)(=O)=O)CC3)C2=O)cc1. The number of carbonyl (C=O) groups is 3. The van der Waals surface area contributed by atoms with Gasteiger partial charge in [-0.05, 0) is 30.0 Å². The molecule has 0 saturated carbocycles. The maximum atomic E-state index is 12.7. The highest BCUT2D eigenvalue weighted by atomic mass is 32.2. The monoisotopic (exact) mass is 436 g/mol. The minimum Gasteiger partial charge on any atom is -0.340 e. The van der Waals surface area contributed by atoms with E-state index < -0.39 is 22.1 Å². The zero-order valence-electron chi connectivity index (χ0n) is 17.5. The summed E-state index contributed by atoms with van der Waals surface area (Å²) in [6.07, 6.45) is 1.47. The standard InChI is InChI=1S/C20H28N4O5S/c1-14(2)15-4-6-16(7-5-15)24-19(26)17(21-20(24)27)8-9-18(25)22-10-12-23(13-11-22)30(3,28)29/h4-7,14,17H,8-13H2,1-3H3,(H,21,27). The van der Waals surface area contributed by atoms with Crippen LogP contribution in [0.2, 0.25) is 0 Å². The quantitative estimate of drug-likeness (QED) is 0.673. The van der Waals surface area contributed by atoms with Crippen LogP contribution in [0, 0.1) is 0 Å². The fraction of sp³-hybridized carbons (Fsp3) is 0.550. The second kappa shape index (κ2) is 8.73. The summed E-state index contributed by atoms with van der Waals surface area (Å²) in [4.78, 5) is 40.2. The topological polar surface area (TPSA) is 107 Å². The predicted molar refractivity (Wildman–Crippen MR) is 113 cm³/mol. The molecule has 0 bridgehead atoms. The zero-order chi connectivity index (χ0) is 22.1. The molecule has 2 fully saturated rings. The molecule has 10 heteroatoms. The van der Waals surface area contributed by atoms with Gasteiger partial charge in [0.15, 0.2) is 0 Å². The van der Waals surface area contributed by atoms with Crippen molar-refractivity contribution in [3.05, 3.63) is 29.8 Å². The molecule has 2 saturated heterocycles. The number of benzene rings is 1. The number of hydrogen-bond acceptors (Lipinski definition) is 5. The van der Waals surface area contributed by atoms with Crippen LogP contribution in [0.15, 0.2) is 24.3 Å². The van der Waals surface area contributed by atoms with Crippen LogP contribution in [0.25, 0.3) is 0 Å². The summed E-state index contributed by atoms with van der Waals surface area (Å²) in [5, 5.41) is 2.65. The number of carbonyl (C=O) groups excluding carboxylic acids is 3. The Balaban J connectivity index is 1.55. The number of hydrogen-bond donors (Lipinski definition) is 1. The van der Waals surface area contributed by atoms with Crippen LogP contribution in [-0.2, 0) is 19.6 Å².